The number of hydrogen-bond donors (Lipinski definition) is 2. The van der Waals surface area contributed by atoms with Gasteiger partial charge in [0.1, 0.15) is 17.6 Å². The summed E-state index contributed by atoms with van der Waals surface area (Å²) >= 11 is 0. The Morgan fingerprint density at radius 1 is 1.12 bits per heavy atom. The number of methoxy groups -OCH3 is 1. The maximum absolute atomic E-state index is 13.7. The maximum atomic E-state index is 13.7. The molecule has 3 heterocycles. The Bertz CT molecular complexity index is 1380. The first-order chi connectivity index (χ1) is 16.5. The summed E-state index contributed by atoms with van der Waals surface area (Å²) in [6.07, 6.45) is 3.20. The lowest BCUT2D eigenvalue weighted by Crippen LogP contribution is -2.31. The fraction of sp³-hybridized carbons (Fsp3) is 0.120. The third-order valence-corrected chi connectivity index (χ3v) is 5.55. The molecule has 0 saturated carbocycles. The molecule has 1 aliphatic heterocycles. The first kappa shape index (κ1) is 21.3. The van der Waals surface area contributed by atoms with Crippen LogP contribution in [0.15, 0.2) is 84.3 Å². The predicted octanol–water partition coefficient (Wildman–Crippen LogP) is 4.42. The summed E-state index contributed by atoms with van der Waals surface area (Å²) in [6.45, 7) is 1.80. The standard InChI is InChI=1S/C25H21FN6O2/c1-15-21(24(33)29-18-6-5-13-27-14-18)22(16-9-11-17(26)12-10-16)32-25(28-15)30-23(31-32)19-7-3-4-8-20(19)34-2/h3-14,22H,1-2H3,(H,29,33)(H,28,30,31). The van der Waals surface area contributed by atoms with E-state index >= 15 is 0 Å². The van der Waals surface area contributed by atoms with Gasteiger partial charge in [0, 0.05) is 11.9 Å². The molecular formula is C25H21FN6O2. The first-order valence-electron chi connectivity index (χ1n) is 10.6. The zero-order valence-corrected chi connectivity index (χ0v) is 18.5. The van der Waals surface area contributed by atoms with Crippen LogP contribution in [-0.4, -0.2) is 32.8 Å². The van der Waals surface area contributed by atoms with Crippen molar-refractivity contribution in [2.45, 2.75) is 13.0 Å². The highest BCUT2D eigenvalue weighted by atomic mass is 19.1. The highest BCUT2D eigenvalue weighted by Gasteiger charge is 2.34. The van der Waals surface area contributed by atoms with Gasteiger partial charge < -0.3 is 15.4 Å². The predicted molar refractivity (Wildman–Crippen MR) is 126 cm³/mol. The van der Waals surface area contributed by atoms with E-state index in [1.54, 1.807) is 55.4 Å². The molecule has 0 saturated heterocycles. The summed E-state index contributed by atoms with van der Waals surface area (Å²) < 4.78 is 20.8. The van der Waals surface area contributed by atoms with Crippen LogP contribution in [0.2, 0.25) is 0 Å². The second-order valence-corrected chi connectivity index (χ2v) is 7.72. The quantitative estimate of drug-likeness (QED) is 0.462. The van der Waals surface area contributed by atoms with E-state index in [0.29, 0.717) is 45.6 Å². The fourth-order valence-corrected chi connectivity index (χ4v) is 3.98. The lowest BCUT2D eigenvalue weighted by molar-refractivity contribution is -0.113. The van der Waals surface area contributed by atoms with Crippen LogP contribution < -0.4 is 15.4 Å². The van der Waals surface area contributed by atoms with E-state index in [1.165, 1.54) is 12.1 Å². The van der Waals surface area contributed by atoms with Gasteiger partial charge in [-0.25, -0.2) is 9.07 Å². The normalized spacial score (nSPS) is 14.9. The van der Waals surface area contributed by atoms with E-state index in [9.17, 15) is 9.18 Å². The molecule has 170 valence electrons. The average molecular weight is 456 g/mol. The highest BCUT2D eigenvalue weighted by Crippen LogP contribution is 2.38. The third kappa shape index (κ3) is 3.88. The molecule has 0 spiro atoms. The molecule has 0 fully saturated rings. The molecule has 1 amide bonds. The lowest BCUT2D eigenvalue weighted by Gasteiger charge is -2.28. The Morgan fingerprint density at radius 3 is 2.65 bits per heavy atom. The largest absolute Gasteiger partial charge is 0.496 e. The van der Waals surface area contributed by atoms with Gasteiger partial charge in [0.15, 0.2) is 5.82 Å². The van der Waals surface area contributed by atoms with Crippen LogP contribution in [-0.2, 0) is 4.79 Å². The summed E-state index contributed by atoms with van der Waals surface area (Å²) in [5, 5.41) is 10.8. The van der Waals surface area contributed by atoms with Gasteiger partial charge in [-0.1, -0.05) is 24.3 Å². The minimum absolute atomic E-state index is 0.327. The smallest absolute Gasteiger partial charge is 0.255 e. The summed E-state index contributed by atoms with van der Waals surface area (Å²) in [5.41, 5.74) is 3.01. The van der Waals surface area contributed by atoms with Gasteiger partial charge in [0.25, 0.3) is 5.91 Å². The third-order valence-electron chi connectivity index (χ3n) is 5.55. The molecule has 8 nitrogen and oxygen atoms in total. The highest BCUT2D eigenvalue weighted by molar-refractivity contribution is 6.05. The number of carbonyl (C=O) groups is 1. The molecule has 0 bridgehead atoms. The monoisotopic (exact) mass is 456 g/mol. The van der Waals surface area contributed by atoms with Crippen LogP contribution >= 0.6 is 0 Å². The van der Waals surface area contributed by atoms with Crippen LogP contribution in [0.1, 0.15) is 18.5 Å². The molecule has 1 aliphatic rings. The van der Waals surface area contributed by atoms with Gasteiger partial charge >= 0.3 is 0 Å². The number of anilines is 2. The van der Waals surface area contributed by atoms with Crippen LogP contribution in [0.25, 0.3) is 11.4 Å². The van der Waals surface area contributed by atoms with Crippen molar-refractivity contribution in [2.75, 3.05) is 17.7 Å². The number of aromatic nitrogens is 4. The van der Waals surface area contributed by atoms with Gasteiger partial charge in [-0.05, 0) is 48.9 Å². The Kier molecular flexibility index (Phi) is 5.51. The Labute approximate surface area is 195 Å². The minimum Gasteiger partial charge on any atom is -0.496 e. The summed E-state index contributed by atoms with van der Waals surface area (Å²) in [4.78, 5) is 22.1. The molecule has 9 heteroatoms. The van der Waals surface area contributed by atoms with E-state index in [4.69, 9.17) is 9.84 Å². The molecule has 34 heavy (non-hydrogen) atoms. The SMILES string of the molecule is COc1ccccc1-c1nc2n(n1)C(c1ccc(F)cc1)C(C(=O)Nc1cccnc1)=C(C)N2. The van der Waals surface area contributed by atoms with Crippen LogP contribution in [0.5, 0.6) is 5.75 Å². The number of nitrogens with one attached hydrogen (secondary N) is 2. The summed E-state index contributed by atoms with van der Waals surface area (Å²) in [6, 6.07) is 16.3. The number of benzene rings is 2. The van der Waals surface area contributed by atoms with Gasteiger partial charge in [-0.3, -0.25) is 9.78 Å². The van der Waals surface area contributed by atoms with Crippen LogP contribution in [0.3, 0.4) is 0 Å². The molecule has 4 aromatic rings. The molecule has 2 aromatic heterocycles. The van der Waals surface area contributed by atoms with E-state index in [0.717, 1.165) is 0 Å². The molecule has 1 atom stereocenters. The number of nitrogens with zero attached hydrogens (tertiary/aromatic N) is 4. The first-order valence-corrected chi connectivity index (χ1v) is 10.6. The van der Waals surface area contributed by atoms with Gasteiger partial charge in [-0.15, -0.1) is 5.10 Å². The second kappa shape index (κ2) is 8.78. The Hall–Kier alpha value is -4.53. The number of amides is 1. The van der Waals surface area contributed by atoms with E-state index in [2.05, 4.69) is 20.6 Å². The number of halogens is 1. The van der Waals surface area contributed by atoms with Crippen molar-refractivity contribution in [3.05, 3.63) is 95.7 Å². The van der Waals surface area contributed by atoms with E-state index in [-0.39, 0.29) is 11.7 Å². The van der Waals surface area contributed by atoms with E-state index < -0.39 is 6.04 Å². The number of ether oxygens (including phenoxy) is 1. The van der Waals surface area contributed by atoms with Gasteiger partial charge in [-0.2, -0.15) is 4.98 Å². The van der Waals surface area contributed by atoms with Crippen molar-refractivity contribution in [1.82, 2.24) is 19.7 Å². The summed E-state index contributed by atoms with van der Waals surface area (Å²) in [7, 11) is 1.58. The number of pyridine rings is 1. The molecule has 1 unspecified atom stereocenters. The molecule has 0 radical (unpaired) electrons. The molecule has 2 N–H and O–H groups in total. The lowest BCUT2D eigenvalue weighted by atomic mass is 9.95. The second-order valence-electron chi connectivity index (χ2n) is 7.72. The van der Waals surface area contributed by atoms with Crippen molar-refractivity contribution in [1.29, 1.82) is 0 Å². The number of rotatable bonds is 5. The number of carbonyl (C=O) groups excluding carboxylic acids is 1. The Morgan fingerprint density at radius 2 is 1.91 bits per heavy atom. The zero-order valence-electron chi connectivity index (χ0n) is 18.5. The average Bonchev–Trinajstić information content (AvgIpc) is 3.27. The van der Waals surface area contributed by atoms with Crippen molar-refractivity contribution in [3.8, 4) is 17.1 Å². The summed E-state index contributed by atoms with van der Waals surface area (Å²) in [5.74, 6) is 0.836. The Balaban J connectivity index is 1.62. The maximum Gasteiger partial charge on any atom is 0.255 e. The van der Waals surface area contributed by atoms with Crippen molar-refractivity contribution < 1.29 is 13.9 Å². The van der Waals surface area contributed by atoms with Crippen LogP contribution in [0.4, 0.5) is 16.0 Å². The molecule has 0 aliphatic carbocycles. The number of allylic oxidation sites excluding steroid dienone is 1. The van der Waals surface area contributed by atoms with Crippen molar-refractivity contribution in [2.24, 2.45) is 0 Å². The number of fused-ring (bicyclic) bond motifs is 1. The molecule has 2 aromatic carbocycles. The van der Waals surface area contributed by atoms with Crippen LogP contribution in [0, 0.1) is 5.82 Å². The van der Waals surface area contributed by atoms with Gasteiger partial charge in [0.2, 0.25) is 5.95 Å². The number of hydrogen-bond acceptors (Lipinski definition) is 6. The van der Waals surface area contributed by atoms with Crippen molar-refractivity contribution >= 4 is 17.5 Å². The zero-order chi connectivity index (χ0) is 23.7. The molecule has 5 rings (SSSR count). The minimum atomic E-state index is -0.635. The fourth-order valence-electron chi connectivity index (χ4n) is 3.98. The topological polar surface area (TPSA) is 94.0 Å². The number of para-hydroxylation sites is 1. The van der Waals surface area contributed by atoms with Gasteiger partial charge in [0.05, 0.1) is 30.1 Å². The van der Waals surface area contributed by atoms with E-state index in [1.807, 2.05) is 24.3 Å². The van der Waals surface area contributed by atoms with Crippen molar-refractivity contribution in [3.63, 3.8) is 0 Å². The molecular weight excluding hydrogens is 435 g/mol.